The number of nitriles is 1. The Kier molecular flexibility index (Phi) is 6.03. The molecule has 0 saturated heterocycles. The molecule has 1 amide bonds. The van der Waals surface area contributed by atoms with E-state index in [2.05, 4.69) is 5.32 Å². The number of halogens is 2. The molecule has 0 fully saturated rings. The number of nitrogens with two attached hydrogens (primary N) is 1. The van der Waals surface area contributed by atoms with Gasteiger partial charge in [-0.1, -0.05) is 29.8 Å². The topological polar surface area (TPSA) is 122 Å². The second-order valence-electron chi connectivity index (χ2n) is 5.98. The molecule has 0 aromatic heterocycles. The molecule has 0 aliphatic heterocycles. The van der Waals surface area contributed by atoms with Gasteiger partial charge in [-0.15, -0.1) is 0 Å². The average molecular weight is 446 g/mol. The minimum atomic E-state index is -3.96. The summed E-state index contributed by atoms with van der Waals surface area (Å²) in [6.07, 6.45) is 0. The van der Waals surface area contributed by atoms with Crippen LogP contribution in [0.4, 0.5) is 10.1 Å². The fourth-order valence-corrected chi connectivity index (χ4v) is 3.26. The second-order valence-corrected chi connectivity index (χ2v) is 7.91. The summed E-state index contributed by atoms with van der Waals surface area (Å²) in [7, 11) is -3.96. The molecule has 3 aromatic carbocycles. The van der Waals surface area contributed by atoms with E-state index in [1.54, 1.807) is 0 Å². The van der Waals surface area contributed by atoms with Crippen LogP contribution in [0.5, 0.6) is 11.5 Å². The lowest BCUT2D eigenvalue weighted by Crippen LogP contribution is -2.15. The van der Waals surface area contributed by atoms with Crippen molar-refractivity contribution in [2.45, 2.75) is 4.90 Å². The maximum atomic E-state index is 13.7. The normalized spacial score (nSPS) is 10.9. The summed E-state index contributed by atoms with van der Waals surface area (Å²) in [6, 6.07) is 15.4. The molecule has 3 rings (SSSR count). The number of benzene rings is 3. The van der Waals surface area contributed by atoms with Crippen LogP contribution in [0.2, 0.25) is 5.02 Å². The molecule has 30 heavy (non-hydrogen) atoms. The Morgan fingerprint density at radius 3 is 2.53 bits per heavy atom. The highest BCUT2D eigenvalue weighted by Gasteiger charge is 2.20. The van der Waals surface area contributed by atoms with Crippen molar-refractivity contribution >= 4 is 33.2 Å². The minimum Gasteiger partial charge on any atom is -0.453 e. The zero-order valence-electron chi connectivity index (χ0n) is 15.1. The molecule has 0 spiro atoms. The standard InChI is InChI=1S/C20H13ClFN3O4S/c21-18-16(22)8-3-9-17(18)29-19-12(11-23)4-1-7-15(19)20(26)25-13-5-2-6-14(10-13)30(24,27)28/h1-10H,(H,25,26)(H2,24,27,28). The number of hydrogen-bond acceptors (Lipinski definition) is 5. The average Bonchev–Trinajstić information content (AvgIpc) is 2.71. The third-order valence-corrected chi connectivity index (χ3v) is 5.21. The Balaban J connectivity index is 1.99. The number of carbonyl (C=O) groups excluding carboxylic acids is 1. The first-order valence-corrected chi connectivity index (χ1v) is 10.2. The van der Waals surface area contributed by atoms with Crippen LogP contribution >= 0.6 is 11.6 Å². The SMILES string of the molecule is N#Cc1cccc(C(=O)Nc2cccc(S(N)(=O)=O)c2)c1Oc1cccc(F)c1Cl. The van der Waals surface area contributed by atoms with Crippen LogP contribution in [0, 0.1) is 17.1 Å². The molecule has 0 unspecified atom stereocenters. The van der Waals surface area contributed by atoms with E-state index in [9.17, 15) is 22.9 Å². The molecule has 3 aromatic rings. The number of amides is 1. The van der Waals surface area contributed by atoms with Crippen molar-refractivity contribution in [3.8, 4) is 17.6 Å². The smallest absolute Gasteiger partial charge is 0.259 e. The minimum absolute atomic E-state index is 0.0151. The van der Waals surface area contributed by atoms with Gasteiger partial charge >= 0.3 is 0 Å². The van der Waals surface area contributed by atoms with E-state index in [-0.39, 0.29) is 38.2 Å². The Morgan fingerprint density at radius 1 is 1.13 bits per heavy atom. The fourth-order valence-electron chi connectivity index (χ4n) is 2.54. The van der Waals surface area contributed by atoms with Crippen LogP contribution in [-0.4, -0.2) is 14.3 Å². The molecule has 152 valence electrons. The van der Waals surface area contributed by atoms with Gasteiger partial charge in [0.25, 0.3) is 5.91 Å². The van der Waals surface area contributed by atoms with Crippen molar-refractivity contribution < 1.29 is 22.3 Å². The molecule has 0 aliphatic carbocycles. The van der Waals surface area contributed by atoms with Gasteiger partial charge in [-0.2, -0.15) is 5.26 Å². The molecular weight excluding hydrogens is 433 g/mol. The van der Waals surface area contributed by atoms with Crippen molar-refractivity contribution in [1.82, 2.24) is 0 Å². The van der Waals surface area contributed by atoms with E-state index < -0.39 is 21.7 Å². The number of nitrogens with one attached hydrogen (secondary N) is 1. The number of para-hydroxylation sites is 1. The van der Waals surface area contributed by atoms with Gasteiger partial charge in [0.15, 0.2) is 5.75 Å². The third-order valence-electron chi connectivity index (χ3n) is 3.93. The zero-order chi connectivity index (χ0) is 21.9. The predicted octanol–water partition coefficient (Wildman–Crippen LogP) is 4.04. The van der Waals surface area contributed by atoms with Gasteiger partial charge < -0.3 is 10.1 Å². The Bertz CT molecular complexity index is 1290. The quantitative estimate of drug-likeness (QED) is 0.613. The summed E-state index contributed by atoms with van der Waals surface area (Å²) < 4.78 is 42.4. The Labute approximate surface area is 176 Å². The maximum absolute atomic E-state index is 13.7. The van der Waals surface area contributed by atoms with Crippen LogP contribution < -0.4 is 15.2 Å². The highest BCUT2D eigenvalue weighted by atomic mass is 35.5. The number of nitrogens with zero attached hydrogens (tertiary/aromatic N) is 1. The highest BCUT2D eigenvalue weighted by Crippen LogP contribution is 2.35. The molecule has 0 bridgehead atoms. The van der Waals surface area contributed by atoms with Crippen LogP contribution in [0.15, 0.2) is 65.6 Å². The van der Waals surface area contributed by atoms with Crippen LogP contribution in [-0.2, 0) is 10.0 Å². The molecule has 3 N–H and O–H groups in total. The number of sulfonamides is 1. The summed E-state index contributed by atoms with van der Waals surface area (Å²) in [6.45, 7) is 0. The van der Waals surface area contributed by atoms with Crippen molar-refractivity contribution in [3.63, 3.8) is 0 Å². The number of ether oxygens (including phenoxy) is 1. The van der Waals surface area contributed by atoms with Gasteiger partial charge in [-0.05, 0) is 42.5 Å². The lowest BCUT2D eigenvalue weighted by Gasteiger charge is -2.14. The lowest BCUT2D eigenvalue weighted by atomic mass is 10.1. The summed E-state index contributed by atoms with van der Waals surface area (Å²) in [4.78, 5) is 12.6. The molecule has 0 heterocycles. The third kappa shape index (κ3) is 4.58. The maximum Gasteiger partial charge on any atom is 0.259 e. The van der Waals surface area contributed by atoms with E-state index in [1.165, 1.54) is 54.6 Å². The molecule has 0 atom stereocenters. The first-order chi connectivity index (χ1) is 14.2. The van der Waals surface area contributed by atoms with E-state index >= 15 is 0 Å². The number of hydrogen-bond donors (Lipinski definition) is 2. The van der Waals surface area contributed by atoms with Crippen molar-refractivity contribution in [2.24, 2.45) is 5.14 Å². The van der Waals surface area contributed by atoms with Gasteiger partial charge in [0.2, 0.25) is 10.0 Å². The first-order valence-electron chi connectivity index (χ1n) is 8.30. The number of anilines is 1. The van der Waals surface area contributed by atoms with Gasteiger partial charge in [-0.3, -0.25) is 4.79 Å². The van der Waals surface area contributed by atoms with Crippen molar-refractivity contribution in [3.05, 3.63) is 82.6 Å². The Hall–Kier alpha value is -3.45. The van der Waals surface area contributed by atoms with Gasteiger partial charge in [0, 0.05) is 5.69 Å². The summed E-state index contributed by atoms with van der Waals surface area (Å²) in [5.41, 5.74) is 0.125. The van der Waals surface area contributed by atoms with Gasteiger partial charge in [0.1, 0.15) is 22.7 Å². The predicted molar refractivity (Wildman–Crippen MR) is 108 cm³/mol. The monoisotopic (exact) mass is 445 g/mol. The molecule has 0 radical (unpaired) electrons. The van der Waals surface area contributed by atoms with Gasteiger partial charge in [0.05, 0.1) is 16.0 Å². The lowest BCUT2D eigenvalue weighted by molar-refractivity contribution is 0.102. The number of rotatable bonds is 5. The van der Waals surface area contributed by atoms with Crippen molar-refractivity contribution in [2.75, 3.05) is 5.32 Å². The molecule has 0 saturated carbocycles. The summed E-state index contributed by atoms with van der Waals surface area (Å²) >= 11 is 5.91. The molecule has 0 aliphatic rings. The molecule has 7 nitrogen and oxygen atoms in total. The number of primary sulfonamides is 1. The Morgan fingerprint density at radius 2 is 1.83 bits per heavy atom. The largest absolute Gasteiger partial charge is 0.453 e. The van der Waals surface area contributed by atoms with E-state index in [4.69, 9.17) is 21.5 Å². The van der Waals surface area contributed by atoms with Gasteiger partial charge in [-0.25, -0.2) is 17.9 Å². The van der Waals surface area contributed by atoms with Crippen LogP contribution in [0.25, 0.3) is 0 Å². The first kappa shape index (κ1) is 21.3. The van der Waals surface area contributed by atoms with E-state index in [0.29, 0.717) is 0 Å². The van der Waals surface area contributed by atoms with Crippen molar-refractivity contribution in [1.29, 1.82) is 5.26 Å². The van der Waals surface area contributed by atoms with Crippen LogP contribution in [0.3, 0.4) is 0 Å². The summed E-state index contributed by atoms with van der Waals surface area (Å²) in [5.74, 6) is -1.63. The van der Waals surface area contributed by atoms with Crippen LogP contribution in [0.1, 0.15) is 15.9 Å². The van der Waals surface area contributed by atoms with E-state index in [0.717, 1.165) is 6.07 Å². The highest BCUT2D eigenvalue weighted by molar-refractivity contribution is 7.89. The zero-order valence-corrected chi connectivity index (χ0v) is 16.7. The summed E-state index contributed by atoms with van der Waals surface area (Å²) in [5, 5.41) is 16.7. The molecule has 10 heteroatoms. The second kappa shape index (κ2) is 8.51. The fraction of sp³-hybridized carbons (Fsp3) is 0. The molecular formula is C20H13ClFN3O4S. The van der Waals surface area contributed by atoms with E-state index in [1.807, 2.05) is 6.07 Å². The number of carbonyl (C=O) groups is 1.